The molecule has 5 rings (SSSR count). The third kappa shape index (κ3) is 3.89. The van der Waals surface area contributed by atoms with Crippen LogP contribution in [-0.2, 0) is 20.8 Å². The molecule has 2 aliphatic heterocycles. The van der Waals surface area contributed by atoms with Crippen molar-refractivity contribution in [1.82, 2.24) is 4.90 Å². The van der Waals surface area contributed by atoms with Crippen molar-refractivity contribution in [3.05, 3.63) is 70.1 Å². The molecule has 0 spiro atoms. The Bertz CT molecular complexity index is 1160. The molecule has 33 heavy (non-hydrogen) atoms. The molecular formula is C25H25N3O5. The number of oxime groups is 1. The number of rotatable bonds is 6. The zero-order valence-corrected chi connectivity index (χ0v) is 18.5. The van der Waals surface area contributed by atoms with E-state index in [0.29, 0.717) is 36.0 Å². The number of hydrogen-bond acceptors (Lipinski definition) is 6. The first-order chi connectivity index (χ1) is 15.9. The third-order valence-corrected chi connectivity index (χ3v) is 6.36. The van der Waals surface area contributed by atoms with E-state index >= 15 is 0 Å². The summed E-state index contributed by atoms with van der Waals surface area (Å²) in [6, 6.07) is 11.6. The highest BCUT2D eigenvalue weighted by molar-refractivity contribution is 5.96. The van der Waals surface area contributed by atoms with Crippen LogP contribution in [0.1, 0.15) is 54.9 Å². The Hall–Kier alpha value is -3.57. The summed E-state index contributed by atoms with van der Waals surface area (Å²) in [5, 5.41) is 13.4. The van der Waals surface area contributed by atoms with E-state index in [9.17, 15) is 9.90 Å². The Balaban J connectivity index is 1.32. The van der Waals surface area contributed by atoms with Gasteiger partial charge in [-0.15, -0.1) is 0 Å². The Morgan fingerprint density at radius 1 is 1.30 bits per heavy atom. The molecule has 170 valence electrons. The summed E-state index contributed by atoms with van der Waals surface area (Å²) in [5.74, 6) is -0.0331. The van der Waals surface area contributed by atoms with Gasteiger partial charge in [0.05, 0.1) is 18.6 Å². The second kappa shape index (κ2) is 8.41. The van der Waals surface area contributed by atoms with Gasteiger partial charge in [-0.05, 0) is 61.2 Å². The molecule has 2 atom stereocenters. The van der Waals surface area contributed by atoms with Gasteiger partial charge in [0, 0.05) is 30.3 Å². The fraction of sp³-hybridized carbons (Fsp3) is 0.400. The van der Waals surface area contributed by atoms with Gasteiger partial charge in [0.2, 0.25) is 5.69 Å². The number of hydrogen-bond donors (Lipinski definition) is 1. The number of aliphatic carboxylic acids is 1. The van der Waals surface area contributed by atoms with Gasteiger partial charge < -0.3 is 19.4 Å². The first-order valence-corrected chi connectivity index (χ1v) is 11.1. The summed E-state index contributed by atoms with van der Waals surface area (Å²) in [4.78, 5) is 22.6. The van der Waals surface area contributed by atoms with Gasteiger partial charge in [-0.2, -0.15) is 0 Å². The number of carboxylic acid groups (broad SMARTS) is 1. The number of carbonyl (C=O) groups is 1. The molecule has 0 bridgehead atoms. The number of carboxylic acids is 1. The molecule has 0 saturated carbocycles. The fourth-order valence-electron chi connectivity index (χ4n) is 4.74. The van der Waals surface area contributed by atoms with Crippen LogP contribution in [0.5, 0.6) is 5.75 Å². The van der Waals surface area contributed by atoms with Crippen LogP contribution in [0, 0.1) is 12.5 Å². The first-order valence-electron chi connectivity index (χ1n) is 11.1. The lowest BCUT2D eigenvalue weighted by atomic mass is 9.94. The molecule has 0 aromatic heterocycles. The van der Waals surface area contributed by atoms with Gasteiger partial charge in [-0.1, -0.05) is 18.2 Å². The average Bonchev–Trinajstić information content (AvgIpc) is 3.40. The molecule has 1 N–H and O–H groups in total. The number of nitrogens with zero attached hydrogens (tertiary/aromatic N) is 3. The summed E-state index contributed by atoms with van der Waals surface area (Å²) < 4.78 is 11.8. The van der Waals surface area contributed by atoms with Crippen LogP contribution in [-0.4, -0.2) is 41.1 Å². The standard InChI is InChI=1S/C25H25N3O5/c1-14(2)31-22-10-7-15(11-20(22)26-3)25-32-23(27-33-25)19-6-4-5-18-17(19)8-9-21(18)28-12-16(13-28)24(29)30/h4-7,10-11,14,16,21,25H,8-9,12-13H2,1-2H3,(H,29,30). The highest BCUT2D eigenvalue weighted by Gasteiger charge is 2.40. The van der Waals surface area contributed by atoms with E-state index in [2.05, 4.69) is 21.0 Å². The summed E-state index contributed by atoms with van der Waals surface area (Å²) in [5.41, 5.74) is 4.38. The Morgan fingerprint density at radius 2 is 2.12 bits per heavy atom. The van der Waals surface area contributed by atoms with Gasteiger partial charge >= 0.3 is 5.97 Å². The van der Waals surface area contributed by atoms with Crippen molar-refractivity contribution in [2.75, 3.05) is 13.1 Å². The molecule has 1 aliphatic carbocycles. The van der Waals surface area contributed by atoms with Crippen molar-refractivity contribution >= 4 is 17.6 Å². The van der Waals surface area contributed by atoms with E-state index in [1.54, 1.807) is 12.1 Å². The highest BCUT2D eigenvalue weighted by Crippen LogP contribution is 2.42. The molecule has 8 nitrogen and oxygen atoms in total. The number of ether oxygens (including phenoxy) is 2. The fourth-order valence-corrected chi connectivity index (χ4v) is 4.74. The second-order valence-corrected chi connectivity index (χ2v) is 8.87. The van der Waals surface area contributed by atoms with Gasteiger partial charge in [0.15, 0.2) is 0 Å². The molecular weight excluding hydrogens is 422 g/mol. The largest absolute Gasteiger partial charge is 0.502 e. The van der Waals surface area contributed by atoms with E-state index in [-0.39, 0.29) is 18.1 Å². The Kier molecular flexibility index (Phi) is 5.43. The molecule has 2 aromatic carbocycles. The molecule has 1 fully saturated rings. The van der Waals surface area contributed by atoms with Crippen LogP contribution in [0.4, 0.5) is 5.69 Å². The maximum atomic E-state index is 11.2. The summed E-state index contributed by atoms with van der Waals surface area (Å²) in [6.07, 6.45) is 1.07. The monoisotopic (exact) mass is 447 g/mol. The summed E-state index contributed by atoms with van der Waals surface area (Å²) in [6.45, 7) is 12.5. The van der Waals surface area contributed by atoms with Crippen LogP contribution >= 0.6 is 0 Å². The summed E-state index contributed by atoms with van der Waals surface area (Å²) in [7, 11) is 0. The molecule has 2 heterocycles. The molecule has 2 aromatic rings. The zero-order chi connectivity index (χ0) is 23.1. The Morgan fingerprint density at radius 3 is 2.85 bits per heavy atom. The van der Waals surface area contributed by atoms with Crippen LogP contribution in [0.2, 0.25) is 0 Å². The maximum Gasteiger partial charge on any atom is 0.309 e. The van der Waals surface area contributed by atoms with Crippen molar-refractivity contribution in [2.45, 2.75) is 45.1 Å². The normalized spacial score (nSPS) is 22.1. The predicted octanol–water partition coefficient (Wildman–Crippen LogP) is 4.44. The van der Waals surface area contributed by atoms with E-state index in [1.807, 2.05) is 32.0 Å². The van der Waals surface area contributed by atoms with Gasteiger partial charge in [-0.3, -0.25) is 9.69 Å². The molecule has 0 radical (unpaired) electrons. The van der Waals surface area contributed by atoms with Crippen molar-refractivity contribution in [2.24, 2.45) is 11.1 Å². The van der Waals surface area contributed by atoms with Crippen LogP contribution in [0.25, 0.3) is 4.85 Å². The van der Waals surface area contributed by atoms with E-state index in [4.69, 9.17) is 20.9 Å². The molecule has 2 unspecified atom stereocenters. The smallest absolute Gasteiger partial charge is 0.309 e. The molecule has 0 amide bonds. The minimum atomic E-state index is -0.728. The predicted molar refractivity (Wildman–Crippen MR) is 120 cm³/mol. The van der Waals surface area contributed by atoms with Crippen molar-refractivity contribution in [3.8, 4) is 5.75 Å². The average molecular weight is 447 g/mol. The van der Waals surface area contributed by atoms with Gasteiger partial charge in [0.25, 0.3) is 12.2 Å². The van der Waals surface area contributed by atoms with Gasteiger partial charge in [0.1, 0.15) is 5.75 Å². The van der Waals surface area contributed by atoms with E-state index < -0.39 is 12.3 Å². The van der Waals surface area contributed by atoms with Crippen molar-refractivity contribution < 1.29 is 24.2 Å². The third-order valence-electron chi connectivity index (χ3n) is 6.36. The minimum absolute atomic E-state index is 0.0273. The highest BCUT2D eigenvalue weighted by atomic mass is 16.8. The van der Waals surface area contributed by atoms with Crippen LogP contribution < -0.4 is 4.74 Å². The van der Waals surface area contributed by atoms with Crippen LogP contribution in [0.15, 0.2) is 41.6 Å². The lowest BCUT2D eigenvalue weighted by molar-refractivity contribution is -0.148. The topological polar surface area (TPSA) is 85.0 Å². The first kappa shape index (κ1) is 21.3. The zero-order valence-electron chi connectivity index (χ0n) is 18.5. The van der Waals surface area contributed by atoms with Gasteiger partial charge in [-0.25, -0.2) is 4.85 Å². The number of likely N-dealkylation sites (tertiary alicyclic amines) is 1. The van der Waals surface area contributed by atoms with E-state index in [0.717, 1.165) is 18.4 Å². The van der Waals surface area contributed by atoms with Crippen molar-refractivity contribution in [3.63, 3.8) is 0 Å². The quantitative estimate of drug-likeness (QED) is 0.660. The second-order valence-electron chi connectivity index (χ2n) is 8.87. The Labute approximate surface area is 192 Å². The number of fused-ring (bicyclic) bond motifs is 1. The van der Waals surface area contributed by atoms with E-state index in [1.165, 1.54) is 11.1 Å². The lowest BCUT2D eigenvalue weighted by Crippen LogP contribution is -2.51. The SMILES string of the molecule is [C-]#[N+]c1cc(C2ON=C(c3cccc4c3CCC4N3CC(C(=O)O)C3)O2)ccc1OC(C)C. The number of benzene rings is 2. The van der Waals surface area contributed by atoms with Crippen molar-refractivity contribution in [1.29, 1.82) is 0 Å². The molecule has 1 saturated heterocycles. The summed E-state index contributed by atoms with van der Waals surface area (Å²) >= 11 is 0. The van der Waals surface area contributed by atoms with Crippen LogP contribution in [0.3, 0.4) is 0 Å². The maximum absolute atomic E-state index is 11.2. The lowest BCUT2D eigenvalue weighted by Gasteiger charge is -2.41. The molecule has 8 heteroatoms. The molecule has 3 aliphatic rings. The minimum Gasteiger partial charge on any atom is -0.502 e.